The minimum Gasteiger partial charge on any atom is -0.375 e. The molecule has 0 bridgehead atoms. The quantitative estimate of drug-likeness (QED) is 0.730. The number of nitrogens with one attached hydrogen (secondary N) is 1. The van der Waals surface area contributed by atoms with Gasteiger partial charge >= 0.3 is 0 Å². The number of hydrogen-bond donors (Lipinski definition) is 1. The van der Waals surface area contributed by atoms with Gasteiger partial charge in [-0.15, -0.1) is 0 Å². The van der Waals surface area contributed by atoms with Gasteiger partial charge in [-0.25, -0.2) is 0 Å². The molecular weight excluding hydrogens is 178 g/mol. The molecule has 0 aromatic heterocycles. The van der Waals surface area contributed by atoms with Crippen LogP contribution < -0.4 is 5.32 Å². The molecule has 0 amide bonds. The van der Waals surface area contributed by atoms with Crippen LogP contribution in [0.1, 0.15) is 25.7 Å². The lowest BCUT2D eigenvalue weighted by molar-refractivity contribution is 0.00673. The first-order valence-electron chi connectivity index (χ1n) is 5.83. The summed E-state index contributed by atoms with van der Waals surface area (Å²) in [5, 5.41) is 3.37. The van der Waals surface area contributed by atoms with Crippen LogP contribution in [0.5, 0.6) is 0 Å². The Labute approximate surface area is 85.1 Å². The van der Waals surface area contributed by atoms with Gasteiger partial charge in [-0.3, -0.25) is 0 Å². The summed E-state index contributed by atoms with van der Waals surface area (Å²) in [4.78, 5) is 0. The van der Waals surface area contributed by atoms with Crippen molar-refractivity contribution in [3.63, 3.8) is 0 Å². The summed E-state index contributed by atoms with van der Waals surface area (Å²) >= 11 is 0. The largest absolute Gasteiger partial charge is 0.375 e. The van der Waals surface area contributed by atoms with E-state index in [1.165, 1.54) is 12.8 Å². The lowest BCUT2D eigenvalue weighted by Gasteiger charge is -2.20. The van der Waals surface area contributed by atoms with Crippen molar-refractivity contribution >= 4 is 0 Å². The summed E-state index contributed by atoms with van der Waals surface area (Å²) in [5.41, 5.74) is 0.133. The number of rotatable bonds is 3. The Morgan fingerprint density at radius 2 is 2.36 bits per heavy atom. The highest BCUT2D eigenvalue weighted by Gasteiger charge is 2.43. The molecular formula is C11H19NO2. The van der Waals surface area contributed by atoms with Crippen LogP contribution in [0.25, 0.3) is 0 Å². The molecule has 0 radical (unpaired) electrons. The smallest absolute Gasteiger partial charge is 0.0845 e. The fourth-order valence-electron chi connectivity index (χ4n) is 2.48. The van der Waals surface area contributed by atoms with Crippen molar-refractivity contribution in [2.24, 2.45) is 5.92 Å². The highest BCUT2D eigenvalue weighted by Crippen LogP contribution is 2.35. The minimum absolute atomic E-state index is 0.133. The van der Waals surface area contributed by atoms with Crippen LogP contribution in [0, 0.1) is 5.92 Å². The molecule has 1 N–H and O–H groups in total. The lowest BCUT2D eigenvalue weighted by Crippen LogP contribution is -2.31. The zero-order chi connectivity index (χ0) is 9.43. The minimum atomic E-state index is 0.133. The van der Waals surface area contributed by atoms with Crippen LogP contribution in [0.2, 0.25) is 0 Å². The van der Waals surface area contributed by atoms with Gasteiger partial charge in [0.2, 0.25) is 0 Å². The molecule has 3 heteroatoms. The Balaban J connectivity index is 1.48. The average Bonchev–Trinajstić information content (AvgIpc) is 2.79. The van der Waals surface area contributed by atoms with E-state index in [0.717, 1.165) is 45.1 Å². The van der Waals surface area contributed by atoms with Crippen LogP contribution >= 0.6 is 0 Å². The summed E-state index contributed by atoms with van der Waals surface area (Å²) in [7, 11) is 0. The van der Waals surface area contributed by atoms with Crippen LogP contribution in [-0.2, 0) is 9.47 Å². The number of hydrogen-bond acceptors (Lipinski definition) is 3. The highest BCUT2D eigenvalue weighted by atomic mass is 16.6. The summed E-state index contributed by atoms with van der Waals surface area (Å²) in [6.45, 7) is 3.91. The molecule has 0 unspecified atom stereocenters. The third-order valence-electron chi connectivity index (χ3n) is 3.64. The Morgan fingerprint density at radius 1 is 1.43 bits per heavy atom. The van der Waals surface area contributed by atoms with E-state index in [9.17, 15) is 0 Å². The molecule has 14 heavy (non-hydrogen) atoms. The Hall–Kier alpha value is -0.120. The molecule has 1 saturated carbocycles. The summed E-state index contributed by atoms with van der Waals surface area (Å²) in [5.74, 6) is 0.869. The van der Waals surface area contributed by atoms with Gasteiger partial charge in [0.05, 0.1) is 18.3 Å². The van der Waals surface area contributed by atoms with Crippen molar-refractivity contribution in [3.8, 4) is 0 Å². The van der Waals surface area contributed by atoms with E-state index in [4.69, 9.17) is 9.47 Å². The van der Waals surface area contributed by atoms with E-state index < -0.39 is 0 Å². The third-order valence-corrected chi connectivity index (χ3v) is 3.64. The SMILES string of the molecule is C1C[C@@]2(CN1)C[C@H](OCC1CC1)CO2. The molecule has 3 nitrogen and oxygen atoms in total. The van der Waals surface area contributed by atoms with Crippen molar-refractivity contribution in [2.75, 3.05) is 26.3 Å². The molecule has 3 aliphatic rings. The fourth-order valence-corrected chi connectivity index (χ4v) is 2.48. The molecule has 2 atom stereocenters. The first-order chi connectivity index (χ1) is 6.86. The summed E-state index contributed by atoms with van der Waals surface area (Å²) in [6, 6.07) is 0. The zero-order valence-corrected chi connectivity index (χ0v) is 8.63. The maximum Gasteiger partial charge on any atom is 0.0845 e. The van der Waals surface area contributed by atoms with Gasteiger partial charge in [-0.1, -0.05) is 0 Å². The van der Waals surface area contributed by atoms with Crippen molar-refractivity contribution in [1.82, 2.24) is 5.32 Å². The summed E-state index contributed by atoms with van der Waals surface area (Å²) in [6.07, 6.45) is 5.39. The van der Waals surface area contributed by atoms with Crippen LogP contribution in [0.3, 0.4) is 0 Å². The normalized spacial score (nSPS) is 42.4. The second-order valence-corrected chi connectivity index (χ2v) is 5.02. The van der Waals surface area contributed by atoms with E-state index in [0.29, 0.717) is 6.10 Å². The Morgan fingerprint density at radius 3 is 3.07 bits per heavy atom. The van der Waals surface area contributed by atoms with E-state index >= 15 is 0 Å². The highest BCUT2D eigenvalue weighted by molar-refractivity contribution is 4.96. The Kier molecular flexibility index (Phi) is 2.26. The topological polar surface area (TPSA) is 30.5 Å². The maximum absolute atomic E-state index is 5.88. The van der Waals surface area contributed by atoms with E-state index in [-0.39, 0.29) is 5.60 Å². The average molecular weight is 197 g/mol. The van der Waals surface area contributed by atoms with Gasteiger partial charge in [0.15, 0.2) is 0 Å². The molecule has 0 aromatic rings. The molecule has 3 rings (SSSR count). The molecule has 2 aliphatic heterocycles. The van der Waals surface area contributed by atoms with Crippen molar-refractivity contribution in [2.45, 2.75) is 37.4 Å². The predicted octanol–water partition coefficient (Wildman–Crippen LogP) is 0.934. The van der Waals surface area contributed by atoms with Gasteiger partial charge in [0, 0.05) is 19.6 Å². The second kappa shape index (κ2) is 3.47. The number of ether oxygens (including phenoxy) is 2. The monoisotopic (exact) mass is 197 g/mol. The third kappa shape index (κ3) is 1.81. The van der Waals surface area contributed by atoms with Crippen LogP contribution in [0.4, 0.5) is 0 Å². The molecule has 2 saturated heterocycles. The van der Waals surface area contributed by atoms with E-state index in [2.05, 4.69) is 5.32 Å². The zero-order valence-electron chi connectivity index (χ0n) is 8.63. The van der Waals surface area contributed by atoms with Gasteiger partial charge in [0.25, 0.3) is 0 Å². The van der Waals surface area contributed by atoms with E-state index in [1.807, 2.05) is 0 Å². The van der Waals surface area contributed by atoms with Crippen LogP contribution in [-0.4, -0.2) is 38.0 Å². The molecule has 3 fully saturated rings. The first kappa shape index (κ1) is 9.13. The summed E-state index contributed by atoms with van der Waals surface area (Å²) < 4.78 is 11.7. The van der Waals surface area contributed by atoms with Crippen molar-refractivity contribution in [3.05, 3.63) is 0 Å². The van der Waals surface area contributed by atoms with Gasteiger partial charge in [0.1, 0.15) is 0 Å². The second-order valence-electron chi connectivity index (χ2n) is 5.02. The standard InChI is InChI=1S/C11H19NO2/c1-2-9(1)6-13-10-5-11(14-7-10)3-4-12-8-11/h9-10,12H,1-8H2/t10-,11-/m0/s1. The van der Waals surface area contributed by atoms with Gasteiger partial charge in [-0.05, 0) is 31.7 Å². The molecule has 0 aromatic carbocycles. The van der Waals surface area contributed by atoms with Crippen molar-refractivity contribution in [1.29, 1.82) is 0 Å². The van der Waals surface area contributed by atoms with Gasteiger partial charge < -0.3 is 14.8 Å². The predicted molar refractivity (Wildman–Crippen MR) is 53.3 cm³/mol. The molecule has 1 spiro atoms. The Bertz CT molecular complexity index is 209. The lowest BCUT2D eigenvalue weighted by atomic mass is 9.98. The molecule has 80 valence electrons. The maximum atomic E-state index is 5.88. The molecule has 1 aliphatic carbocycles. The fraction of sp³-hybridized carbons (Fsp3) is 1.00. The first-order valence-corrected chi connectivity index (χ1v) is 5.83. The van der Waals surface area contributed by atoms with Crippen molar-refractivity contribution < 1.29 is 9.47 Å². The van der Waals surface area contributed by atoms with E-state index in [1.54, 1.807) is 0 Å². The molecule has 2 heterocycles. The van der Waals surface area contributed by atoms with Gasteiger partial charge in [-0.2, -0.15) is 0 Å². The van der Waals surface area contributed by atoms with Crippen LogP contribution in [0.15, 0.2) is 0 Å².